The van der Waals surface area contributed by atoms with Gasteiger partial charge in [0.05, 0.1) is 0 Å². The molecule has 1 aliphatic carbocycles. The van der Waals surface area contributed by atoms with E-state index in [0.29, 0.717) is 17.9 Å². The van der Waals surface area contributed by atoms with E-state index in [-0.39, 0.29) is 22.6 Å². The van der Waals surface area contributed by atoms with Crippen LogP contribution in [-0.2, 0) is 13.2 Å². The topological polar surface area (TPSA) is 47.3 Å². The summed E-state index contributed by atoms with van der Waals surface area (Å²) in [5.41, 5.74) is 0.691. The number of phenolic OH excluding ortho intramolecular Hbond substituents is 1. The molecule has 0 fully saturated rings. The fraction of sp³-hybridized carbons (Fsp3) is 0.208. The molecule has 0 amide bonds. The number of nitrogens with zero attached hydrogens (tertiary/aromatic N) is 2. The molecule has 0 radical (unpaired) electrons. The van der Waals surface area contributed by atoms with Crippen LogP contribution in [-0.4, -0.2) is 21.5 Å². The van der Waals surface area contributed by atoms with Gasteiger partial charge in [-0.3, -0.25) is 4.68 Å². The van der Waals surface area contributed by atoms with Crippen LogP contribution in [0, 0.1) is 0 Å². The number of allylic oxidation sites excluding steroid dienone is 3. The Morgan fingerprint density at radius 3 is 2.47 bits per heavy atom. The van der Waals surface area contributed by atoms with Gasteiger partial charge >= 0.3 is 6.18 Å². The number of alkyl halides is 3. The Balaban J connectivity index is 1.70. The molecule has 0 unspecified atom stereocenters. The zero-order valence-electron chi connectivity index (χ0n) is 17.2. The summed E-state index contributed by atoms with van der Waals surface area (Å²) in [6, 6.07) is 12.7. The Hall–Kier alpha value is -3.19. The van der Waals surface area contributed by atoms with Crippen molar-refractivity contribution < 1.29 is 23.0 Å². The van der Waals surface area contributed by atoms with Crippen LogP contribution in [0.2, 0.25) is 0 Å². The number of aryl methyl sites for hydroxylation is 1. The van der Waals surface area contributed by atoms with Gasteiger partial charge in [-0.1, -0.05) is 48.0 Å². The second kappa shape index (κ2) is 8.74. The van der Waals surface area contributed by atoms with Gasteiger partial charge in [-0.05, 0) is 42.2 Å². The van der Waals surface area contributed by atoms with Crippen molar-refractivity contribution >= 4 is 11.6 Å². The number of phenols is 1. The minimum atomic E-state index is -4.62. The van der Waals surface area contributed by atoms with Gasteiger partial charge in [0.2, 0.25) is 0 Å². The third-order valence-electron chi connectivity index (χ3n) is 5.21. The first-order valence-corrected chi connectivity index (χ1v) is 10.3. The molecule has 0 saturated carbocycles. The summed E-state index contributed by atoms with van der Waals surface area (Å²) in [5, 5.41) is 15.5. The van der Waals surface area contributed by atoms with E-state index in [9.17, 15) is 18.3 Å². The molecule has 1 aromatic heterocycles. The second-order valence-electron chi connectivity index (χ2n) is 7.47. The third-order valence-corrected chi connectivity index (χ3v) is 5.53. The summed E-state index contributed by atoms with van der Waals surface area (Å²) in [7, 11) is 1.24. The lowest BCUT2D eigenvalue weighted by Gasteiger charge is -2.14. The number of ether oxygens (including phenoxy) is 1. The zero-order valence-corrected chi connectivity index (χ0v) is 17.9. The van der Waals surface area contributed by atoms with Gasteiger partial charge in [-0.15, -0.1) is 0 Å². The Morgan fingerprint density at radius 1 is 1.09 bits per heavy atom. The summed E-state index contributed by atoms with van der Waals surface area (Å²) in [4.78, 5) is 0. The minimum absolute atomic E-state index is 0.0462. The van der Waals surface area contributed by atoms with Crippen molar-refractivity contribution in [3.8, 4) is 33.9 Å². The van der Waals surface area contributed by atoms with Crippen molar-refractivity contribution in [1.29, 1.82) is 0 Å². The molecular weight excluding hydrogens is 441 g/mol. The standard InChI is InChI=1S/C24H20ClF3N2O2/c1-30-23(24(26,27)28)21(16-5-3-2-4-6-16)22(29-30)19-12-11-18(13-20(19)31)32-14-15-7-9-17(25)10-8-15/h2-7,9,11-13,31H,8,10,14H2,1H3. The number of benzene rings is 2. The Bertz CT molecular complexity index is 1200. The molecule has 32 heavy (non-hydrogen) atoms. The van der Waals surface area contributed by atoms with E-state index >= 15 is 0 Å². The predicted octanol–water partition coefficient (Wildman–Crippen LogP) is 6.70. The van der Waals surface area contributed by atoms with Crippen LogP contribution in [0.4, 0.5) is 13.2 Å². The number of rotatable bonds is 5. The van der Waals surface area contributed by atoms with Crippen LogP contribution in [0.1, 0.15) is 18.5 Å². The van der Waals surface area contributed by atoms with Crippen molar-refractivity contribution in [3.05, 3.63) is 77.0 Å². The van der Waals surface area contributed by atoms with Crippen molar-refractivity contribution in [3.63, 3.8) is 0 Å². The quantitative estimate of drug-likeness (QED) is 0.461. The van der Waals surface area contributed by atoms with Gasteiger partial charge in [0.15, 0.2) is 5.69 Å². The van der Waals surface area contributed by atoms with Crippen molar-refractivity contribution in [2.45, 2.75) is 19.0 Å². The van der Waals surface area contributed by atoms with Crippen LogP contribution >= 0.6 is 11.6 Å². The molecule has 0 bridgehead atoms. The van der Waals surface area contributed by atoms with Gasteiger partial charge in [0, 0.05) is 29.3 Å². The minimum Gasteiger partial charge on any atom is -0.507 e. The summed E-state index contributed by atoms with van der Waals surface area (Å²) in [5.74, 6) is 0.188. The highest BCUT2D eigenvalue weighted by Gasteiger charge is 2.40. The van der Waals surface area contributed by atoms with E-state index in [2.05, 4.69) is 5.10 Å². The summed E-state index contributed by atoms with van der Waals surface area (Å²) >= 11 is 5.96. The lowest BCUT2D eigenvalue weighted by molar-refractivity contribution is -0.143. The van der Waals surface area contributed by atoms with Crippen LogP contribution in [0.3, 0.4) is 0 Å². The normalized spacial score (nSPS) is 14.2. The molecule has 4 nitrogen and oxygen atoms in total. The maximum atomic E-state index is 13.8. The van der Waals surface area contributed by atoms with Crippen molar-refractivity contribution in [1.82, 2.24) is 9.78 Å². The maximum absolute atomic E-state index is 13.8. The number of aromatic nitrogens is 2. The number of halogens is 4. The predicted molar refractivity (Wildman–Crippen MR) is 117 cm³/mol. The fourth-order valence-corrected chi connectivity index (χ4v) is 3.83. The van der Waals surface area contributed by atoms with E-state index in [1.807, 2.05) is 12.2 Å². The van der Waals surface area contributed by atoms with Crippen LogP contribution in [0.15, 0.2) is 71.3 Å². The monoisotopic (exact) mass is 460 g/mol. The Morgan fingerprint density at radius 2 is 1.84 bits per heavy atom. The summed E-state index contributed by atoms with van der Waals surface area (Å²) in [6.45, 7) is 0.330. The average molecular weight is 461 g/mol. The molecular formula is C24H20ClF3N2O2. The lowest BCUT2D eigenvalue weighted by Crippen LogP contribution is -2.13. The number of hydrogen-bond acceptors (Lipinski definition) is 3. The van der Waals surface area contributed by atoms with Gasteiger partial charge in [0.25, 0.3) is 0 Å². The molecule has 0 spiro atoms. The van der Waals surface area contributed by atoms with Gasteiger partial charge in [0.1, 0.15) is 23.8 Å². The van der Waals surface area contributed by atoms with Crippen LogP contribution < -0.4 is 4.74 Å². The first kappa shape index (κ1) is 22.0. The van der Waals surface area contributed by atoms with Gasteiger partial charge < -0.3 is 9.84 Å². The Labute approximate surface area is 188 Å². The molecule has 0 aliphatic heterocycles. The smallest absolute Gasteiger partial charge is 0.433 e. The van der Waals surface area contributed by atoms with E-state index in [1.165, 1.54) is 19.2 Å². The summed E-state index contributed by atoms with van der Waals surface area (Å²) in [6.07, 6.45) is 0.654. The first-order valence-electron chi connectivity index (χ1n) is 9.94. The molecule has 3 aromatic rings. The molecule has 166 valence electrons. The van der Waals surface area contributed by atoms with Crippen molar-refractivity contribution in [2.75, 3.05) is 6.61 Å². The van der Waals surface area contributed by atoms with Crippen LogP contribution in [0.5, 0.6) is 11.5 Å². The molecule has 1 heterocycles. The number of hydrogen-bond donors (Lipinski definition) is 1. The third kappa shape index (κ3) is 4.53. The average Bonchev–Trinajstić information content (AvgIpc) is 3.11. The van der Waals surface area contributed by atoms with Gasteiger partial charge in [-0.25, -0.2) is 0 Å². The number of aromatic hydroxyl groups is 1. The molecule has 2 aromatic carbocycles. The highest BCUT2D eigenvalue weighted by molar-refractivity contribution is 6.29. The molecule has 0 saturated heterocycles. The van der Waals surface area contributed by atoms with Crippen LogP contribution in [0.25, 0.3) is 22.4 Å². The molecule has 1 N–H and O–H groups in total. The zero-order chi connectivity index (χ0) is 22.9. The largest absolute Gasteiger partial charge is 0.507 e. The SMILES string of the molecule is Cn1nc(-c2ccc(OCC3=CC=C(Cl)CC3)cc2O)c(-c2ccccc2)c1C(F)(F)F. The van der Waals surface area contributed by atoms with E-state index in [4.69, 9.17) is 16.3 Å². The molecule has 1 aliphatic rings. The van der Waals surface area contributed by atoms with Gasteiger partial charge in [-0.2, -0.15) is 18.3 Å². The highest BCUT2D eigenvalue weighted by Crippen LogP contribution is 2.44. The van der Waals surface area contributed by atoms with Crippen molar-refractivity contribution in [2.24, 2.45) is 7.05 Å². The lowest BCUT2D eigenvalue weighted by atomic mass is 9.98. The molecule has 0 atom stereocenters. The molecule has 8 heteroatoms. The Kier molecular flexibility index (Phi) is 6.02. The highest BCUT2D eigenvalue weighted by atomic mass is 35.5. The summed E-state index contributed by atoms with van der Waals surface area (Å²) < 4.78 is 48.0. The van der Waals surface area contributed by atoms with E-state index in [1.54, 1.807) is 36.4 Å². The molecule has 4 rings (SSSR count). The maximum Gasteiger partial charge on any atom is 0.433 e. The van der Waals surface area contributed by atoms with E-state index in [0.717, 1.165) is 28.1 Å². The first-order chi connectivity index (χ1) is 15.2. The second-order valence-corrected chi connectivity index (χ2v) is 7.95. The van der Waals surface area contributed by atoms with E-state index < -0.39 is 11.9 Å². The fourth-order valence-electron chi connectivity index (χ4n) is 3.67.